The molecule has 6 nitrogen and oxygen atoms in total. The van der Waals surface area contributed by atoms with E-state index in [1.165, 1.54) is 7.11 Å². The zero-order chi connectivity index (χ0) is 17.1. The minimum atomic E-state index is -0.193. The van der Waals surface area contributed by atoms with Gasteiger partial charge in [-0.2, -0.15) is 5.26 Å². The van der Waals surface area contributed by atoms with Gasteiger partial charge in [0, 0.05) is 11.2 Å². The van der Waals surface area contributed by atoms with Crippen molar-refractivity contribution in [1.29, 1.82) is 5.26 Å². The minimum absolute atomic E-state index is 0.171. The maximum atomic E-state index is 12.5. The van der Waals surface area contributed by atoms with Gasteiger partial charge in [-0.15, -0.1) is 0 Å². The Balaban J connectivity index is 1.66. The van der Waals surface area contributed by atoms with Gasteiger partial charge in [0.15, 0.2) is 0 Å². The van der Waals surface area contributed by atoms with Gasteiger partial charge in [-0.05, 0) is 30.3 Å². The third kappa shape index (κ3) is 3.12. The Morgan fingerprint density at radius 3 is 2.92 bits per heavy atom. The van der Waals surface area contributed by atoms with Crippen LogP contribution in [0, 0.1) is 11.3 Å². The summed E-state index contributed by atoms with van der Waals surface area (Å²) in [7, 11) is 1.51. The molecule has 3 rings (SSSR count). The van der Waals surface area contributed by atoms with Crippen LogP contribution in [0.5, 0.6) is 11.6 Å². The maximum Gasteiger partial charge on any atom is 0.257 e. The summed E-state index contributed by atoms with van der Waals surface area (Å²) in [4.78, 5) is 18.2. The summed E-state index contributed by atoms with van der Waals surface area (Å²) in [5.41, 5.74) is 0.790. The molecule has 24 heavy (non-hydrogen) atoms. The van der Waals surface area contributed by atoms with Crippen molar-refractivity contribution in [3.05, 3.63) is 52.7 Å². The van der Waals surface area contributed by atoms with Gasteiger partial charge in [0.25, 0.3) is 5.91 Å². The summed E-state index contributed by atoms with van der Waals surface area (Å²) >= 11 is 5.96. The van der Waals surface area contributed by atoms with E-state index >= 15 is 0 Å². The highest BCUT2D eigenvalue weighted by atomic mass is 35.5. The summed E-state index contributed by atoms with van der Waals surface area (Å²) < 4.78 is 10.9. The van der Waals surface area contributed by atoms with Crippen molar-refractivity contribution in [1.82, 2.24) is 9.88 Å². The van der Waals surface area contributed by atoms with Gasteiger partial charge in [-0.25, -0.2) is 4.98 Å². The van der Waals surface area contributed by atoms with Gasteiger partial charge in [-0.1, -0.05) is 11.6 Å². The molecule has 1 aromatic carbocycles. The first-order valence-electron chi connectivity index (χ1n) is 7.27. The average molecular weight is 344 g/mol. The van der Waals surface area contributed by atoms with Crippen molar-refractivity contribution in [2.24, 2.45) is 0 Å². The van der Waals surface area contributed by atoms with Crippen LogP contribution in [0.25, 0.3) is 0 Å². The number of methoxy groups -OCH3 is 1. The number of ether oxygens (including phenoxy) is 2. The molecule has 1 aliphatic rings. The molecular formula is C17H14ClN3O3. The molecule has 0 spiro atoms. The van der Waals surface area contributed by atoms with E-state index < -0.39 is 0 Å². The first kappa shape index (κ1) is 16.1. The van der Waals surface area contributed by atoms with Crippen LogP contribution in [0.1, 0.15) is 15.9 Å². The van der Waals surface area contributed by atoms with E-state index in [1.807, 2.05) is 6.07 Å². The Morgan fingerprint density at radius 1 is 1.42 bits per heavy atom. The van der Waals surface area contributed by atoms with E-state index in [2.05, 4.69) is 4.98 Å². The molecule has 1 saturated heterocycles. The van der Waals surface area contributed by atoms with Crippen LogP contribution in [-0.4, -0.2) is 42.1 Å². The van der Waals surface area contributed by atoms with Crippen LogP contribution in [0.15, 0.2) is 36.5 Å². The number of hydrogen-bond donors (Lipinski definition) is 0. The van der Waals surface area contributed by atoms with Crippen molar-refractivity contribution in [3.8, 4) is 17.7 Å². The summed E-state index contributed by atoms with van der Waals surface area (Å²) in [5, 5.41) is 9.51. The number of aromatic nitrogens is 1. The fourth-order valence-corrected chi connectivity index (χ4v) is 2.60. The molecule has 0 bridgehead atoms. The Hall–Kier alpha value is -2.78. The molecule has 1 fully saturated rings. The number of hydrogen-bond acceptors (Lipinski definition) is 5. The Morgan fingerprint density at radius 2 is 2.21 bits per heavy atom. The van der Waals surface area contributed by atoms with Crippen LogP contribution in [-0.2, 0) is 0 Å². The molecule has 0 unspecified atom stereocenters. The second kappa shape index (κ2) is 6.77. The number of carbonyl (C=O) groups is 1. The lowest BCUT2D eigenvalue weighted by Crippen LogP contribution is -2.56. The molecular weight excluding hydrogens is 330 g/mol. The third-order valence-electron chi connectivity index (χ3n) is 3.70. The molecule has 1 aromatic heterocycles. The zero-order valence-corrected chi connectivity index (χ0v) is 13.7. The van der Waals surface area contributed by atoms with E-state index in [0.717, 1.165) is 0 Å². The largest absolute Gasteiger partial charge is 0.496 e. The van der Waals surface area contributed by atoms with E-state index in [-0.39, 0.29) is 17.9 Å². The number of carbonyl (C=O) groups excluding carboxylic acids is 1. The van der Waals surface area contributed by atoms with Crippen molar-refractivity contribution in [2.75, 3.05) is 20.2 Å². The molecule has 1 amide bonds. The summed E-state index contributed by atoms with van der Waals surface area (Å²) in [6, 6.07) is 10.3. The molecule has 2 heterocycles. The molecule has 0 atom stereocenters. The standard InChI is InChI=1S/C17H14ClN3O3/c1-23-15-5-4-12(18)7-14(15)17(22)21-9-13(10-21)24-16-11(8-19)3-2-6-20-16/h2-7,13H,9-10H2,1H3. The first-order chi connectivity index (χ1) is 11.6. The highest BCUT2D eigenvalue weighted by molar-refractivity contribution is 6.31. The molecule has 0 N–H and O–H groups in total. The predicted molar refractivity (Wildman–Crippen MR) is 87.3 cm³/mol. The summed E-state index contributed by atoms with van der Waals surface area (Å²) in [5.74, 6) is 0.596. The lowest BCUT2D eigenvalue weighted by atomic mass is 10.1. The summed E-state index contributed by atoms with van der Waals surface area (Å²) in [6.45, 7) is 0.825. The number of benzene rings is 1. The van der Waals surface area contributed by atoms with Crippen LogP contribution >= 0.6 is 11.6 Å². The molecule has 122 valence electrons. The first-order valence-corrected chi connectivity index (χ1v) is 7.64. The van der Waals surface area contributed by atoms with E-state index in [4.69, 9.17) is 26.3 Å². The molecule has 7 heteroatoms. The van der Waals surface area contributed by atoms with Gasteiger partial charge in [-0.3, -0.25) is 4.79 Å². The number of amides is 1. The zero-order valence-electron chi connectivity index (χ0n) is 12.9. The number of nitrogens with zero attached hydrogens (tertiary/aromatic N) is 3. The molecule has 0 aliphatic carbocycles. The topological polar surface area (TPSA) is 75.4 Å². The molecule has 1 aliphatic heterocycles. The van der Waals surface area contributed by atoms with Crippen LogP contribution < -0.4 is 9.47 Å². The number of likely N-dealkylation sites (tertiary alicyclic amines) is 1. The average Bonchev–Trinajstić information content (AvgIpc) is 2.57. The van der Waals surface area contributed by atoms with Gasteiger partial charge < -0.3 is 14.4 Å². The van der Waals surface area contributed by atoms with Crippen molar-refractivity contribution >= 4 is 17.5 Å². The van der Waals surface area contributed by atoms with E-state index in [1.54, 1.807) is 41.4 Å². The second-order valence-corrected chi connectivity index (χ2v) is 5.70. The Kier molecular flexibility index (Phi) is 4.54. The van der Waals surface area contributed by atoms with Gasteiger partial charge >= 0.3 is 0 Å². The van der Waals surface area contributed by atoms with Gasteiger partial charge in [0.05, 0.1) is 25.8 Å². The fraction of sp³-hybridized carbons (Fsp3) is 0.235. The highest BCUT2D eigenvalue weighted by Gasteiger charge is 2.34. The van der Waals surface area contributed by atoms with Crippen LogP contribution in [0.4, 0.5) is 0 Å². The fourth-order valence-electron chi connectivity index (χ4n) is 2.42. The summed E-state index contributed by atoms with van der Waals surface area (Å²) in [6.07, 6.45) is 1.37. The van der Waals surface area contributed by atoms with Crippen LogP contribution in [0.2, 0.25) is 5.02 Å². The normalized spacial score (nSPS) is 13.8. The smallest absolute Gasteiger partial charge is 0.257 e. The lowest BCUT2D eigenvalue weighted by Gasteiger charge is -2.38. The highest BCUT2D eigenvalue weighted by Crippen LogP contribution is 2.27. The predicted octanol–water partition coefficient (Wildman–Crippen LogP) is 2.52. The van der Waals surface area contributed by atoms with Gasteiger partial charge in [0.2, 0.25) is 5.88 Å². The van der Waals surface area contributed by atoms with E-state index in [9.17, 15) is 4.79 Å². The number of rotatable bonds is 4. The number of halogens is 1. The van der Waals surface area contributed by atoms with Crippen LogP contribution in [0.3, 0.4) is 0 Å². The van der Waals surface area contributed by atoms with Crippen molar-refractivity contribution < 1.29 is 14.3 Å². The van der Waals surface area contributed by atoms with Gasteiger partial charge in [0.1, 0.15) is 23.5 Å². The molecule has 2 aromatic rings. The Bertz CT molecular complexity index is 813. The number of pyridine rings is 1. The molecule has 0 saturated carbocycles. The van der Waals surface area contributed by atoms with Crippen molar-refractivity contribution in [3.63, 3.8) is 0 Å². The van der Waals surface area contributed by atoms with E-state index in [0.29, 0.717) is 35.0 Å². The quantitative estimate of drug-likeness (QED) is 0.852. The monoisotopic (exact) mass is 343 g/mol. The minimum Gasteiger partial charge on any atom is -0.496 e. The Labute approximate surface area is 144 Å². The number of nitriles is 1. The lowest BCUT2D eigenvalue weighted by molar-refractivity contribution is 0.0157. The second-order valence-electron chi connectivity index (χ2n) is 5.26. The van der Waals surface area contributed by atoms with Crippen molar-refractivity contribution in [2.45, 2.75) is 6.10 Å². The maximum absolute atomic E-state index is 12.5. The SMILES string of the molecule is COc1ccc(Cl)cc1C(=O)N1CC(Oc2ncccc2C#N)C1. The molecule has 0 radical (unpaired) electrons. The third-order valence-corrected chi connectivity index (χ3v) is 3.93.